The van der Waals surface area contributed by atoms with Crippen molar-refractivity contribution in [3.8, 4) is 0 Å². The first kappa shape index (κ1) is 15.7. The van der Waals surface area contributed by atoms with Gasteiger partial charge in [-0.25, -0.2) is 0 Å². The molecule has 0 aromatic rings. The Kier molecular flexibility index (Phi) is 3.46. The fourth-order valence-electron chi connectivity index (χ4n) is 6.77. The van der Waals surface area contributed by atoms with Crippen LogP contribution in [0.25, 0.3) is 0 Å². The molecule has 0 unspecified atom stereocenters. The van der Waals surface area contributed by atoms with Gasteiger partial charge in [-0.15, -0.1) is 0 Å². The second-order valence-corrected chi connectivity index (χ2v) is 10.7. The fraction of sp³-hybridized carbons (Fsp3) is 0.900. The van der Waals surface area contributed by atoms with Gasteiger partial charge in [-0.2, -0.15) is 0 Å². The molecule has 2 heteroatoms. The predicted octanol–water partition coefficient (Wildman–Crippen LogP) is 5.32. The molecule has 0 heterocycles. The zero-order valence-corrected chi connectivity index (χ0v) is 16.0. The van der Waals surface area contributed by atoms with Gasteiger partial charge in [0, 0.05) is 4.83 Å². The molecule has 0 radical (unpaired) electrons. The average molecular weight is 367 g/mol. The van der Waals surface area contributed by atoms with Gasteiger partial charge in [0.25, 0.3) is 0 Å². The molecule has 124 valence electrons. The quantitative estimate of drug-likeness (QED) is 0.517. The van der Waals surface area contributed by atoms with E-state index in [0.717, 1.165) is 24.2 Å². The van der Waals surface area contributed by atoms with Crippen LogP contribution in [0, 0.1) is 34.0 Å². The summed E-state index contributed by atoms with van der Waals surface area (Å²) in [5.74, 6) is 2.74. The van der Waals surface area contributed by atoms with Gasteiger partial charge in [0.1, 0.15) is 0 Å². The molecule has 3 fully saturated rings. The molecule has 0 aromatic carbocycles. The second kappa shape index (κ2) is 4.85. The molecule has 7 atom stereocenters. The summed E-state index contributed by atoms with van der Waals surface area (Å²) in [5.41, 5.74) is 3.19. The molecule has 0 aliphatic heterocycles. The van der Waals surface area contributed by atoms with Crippen molar-refractivity contribution in [2.24, 2.45) is 34.0 Å². The molecule has 0 spiro atoms. The molecule has 3 saturated carbocycles. The van der Waals surface area contributed by atoms with Crippen molar-refractivity contribution in [1.82, 2.24) is 0 Å². The van der Waals surface area contributed by atoms with E-state index in [2.05, 4.69) is 42.8 Å². The van der Waals surface area contributed by atoms with Crippen LogP contribution < -0.4 is 0 Å². The maximum Gasteiger partial charge on any atom is 0.0561 e. The lowest BCUT2D eigenvalue weighted by Crippen LogP contribution is -2.47. The monoisotopic (exact) mass is 366 g/mol. The van der Waals surface area contributed by atoms with E-state index in [1.807, 2.05) is 5.57 Å². The first-order valence-corrected chi connectivity index (χ1v) is 10.2. The number of fused-ring (bicyclic) bond motifs is 5. The fourth-order valence-corrected chi connectivity index (χ4v) is 7.14. The Morgan fingerprint density at radius 2 is 2.00 bits per heavy atom. The highest BCUT2D eigenvalue weighted by atomic mass is 79.9. The summed E-state index contributed by atoms with van der Waals surface area (Å²) >= 11 is 3.74. The number of hydrogen-bond donors (Lipinski definition) is 1. The van der Waals surface area contributed by atoms with E-state index in [-0.39, 0.29) is 16.8 Å². The maximum atomic E-state index is 9.59. The second-order valence-electron chi connectivity index (χ2n) is 9.56. The van der Waals surface area contributed by atoms with Crippen LogP contribution >= 0.6 is 15.9 Å². The van der Waals surface area contributed by atoms with Crippen LogP contribution in [0.5, 0.6) is 0 Å². The Morgan fingerprint density at radius 1 is 1.23 bits per heavy atom. The van der Waals surface area contributed by atoms with Gasteiger partial charge < -0.3 is 5.11 Å². The number of alkyl halides is 1. The lowest BCUT2D eigenvalue weighted by Gasteiger charge is -2.56. The number of aliphatic hydroxyl groups excluding tert-OH is 1. The predicted molar refractivity (Wildman–Crippen MR) is 95.0 cm³/mol. The molecule has 1 N–H and O–H groups in total. The lowest BCUT2D eigenvalue weighted by atomic mass is 9.49. The van der Waals surface area contributed by atoms with E-state index in [1.54, 1.807) is 0 Å². The molecular formula is C20H31BrO. The van der Waals surface area contributed by atoms with E-state index in [4.69, 9.17) is 0 Å². The molecule has 4 aliphatic rings. The largest absolute Gasteiger partial charge is 0.395 e. The molecule has 0 aromatic heterocycles. The van der Waals surface area contributed by atoms with E-state index in [0.29, 0.717) is 10.8 Å². The zero-order valence-electron chi connectivity index (χ0n) is 14.4. The zero-order chi connectivity index (χ0) is 15.8. The third-order valence-corrected chi connectivity index (χ3v) is 9.75. The van der Waals surface area contributed by atoms with Crippen LogP contribution in [0.2, 0.25) is 0 Å². The van der Waals surface area contributed by atoms with Crippen LogP contribution in [0.1, 0.15) is 65.7 Å². The van der Waals surface area contributed by atoms with Crippen LogP contribution in [0.4, 0.5) is 0 Å². The molecule has 22 heavy (non-hydrogen) atoms. The molecule has 0 bridgehead atoms. The summed E-state index contributed by atoms with van der Waals surface area (Å²) in [4.78, 5) is 0.236. The molecule has 4 aliphatic carbocycles. The summed E-state index contributed by atoms with van der Waals surface area (Å²) in [6, 6.07) is 0. The van der Waals surface area contributed by atoms with Gasteiger partial charge in [-0.1, -0.05) is 48.4 Å². The number of aliphatic hydroxyl groups is 1. The smallest absolute Gasteiger partial charge is 0.0561 e. The summed E-state index contributed by atoms with van der Waals surface area (Å²) in [5, 5.41) is 9.59. The van der Waals surface area contributed by atoms with E-state index < -0.39 is 0 Å². The van der Waals surface area contributed by atoms with E-state index in [1.165, 1.54) is 38.5 Å². The van der Waals surface area contributed by atoms with Crippen molar-refractivity contribution in [2.45, 2.75) is 70.5 Å². The average Bonchev–Trinajstić information content (AvgIpc) is 3.17. The highest BCUT2D eigenvalue weighted by Gasteiger charge is 2.65. The summed E-state index contributed by atoms with van der Waals surface area (Å²) in [6.07, 6.45) is 12.2. The highest BCUT2D eigenvalue weighted by Crippen LogP contribution is 2.73. The summed E-state index contributed by atoms with van der Waals surface area (Å²) in [6.45, 7) is 7.79. The first-order valence-electron chi connectivity index (χ1n) is 9.29. The van der Waals surface area contributed by atoms with Gasteiger partial charge in [0.2, 0.25) is 0 Å². The minimum atomic E-state index is 0.229. The molecule has 0 amide bonds. The molecular weight excluding hydrogens is 336 g/mol. The van der Waals surface area contributed by atoms with Gasteiger partial charge in [0.15, 0.2) is 0 Å². The third kappa shape index (κ3) is 1.98. The van der Waals surface area contributed by atoms with Crippen molar-refractivity contribution in [2.75, 3.05) is 6.61 Å². The van der Waals surface area contributed by atoms with Gasteiger partial charge in [-0.05, 0) is 78.9 Å². The minimum absolute atomic E-state index is 0.229. The van der Waals surface area contributed by atoms with Crippen molar-refractivity contribution in [1.29, 1.82) is 0 Å². The van der Waals surface area contributed by atoms with Crippen molar-refractivity contribution in [3.63, 3.8) is 0 Å². The van der Waals surface area contributed by atoms with E-state index in [9.17, 15) is 5.11 Å². The van der Waals surface area contributed by atoms with Crippen molar-refractivity contribution >= 4 is 15.9 Å². The maximum absolute atomic E-state index is 9.59. The molecule has 0 saturated heterocycles. The Bertz CT molecular complexity index is 514. The first-order chi connectivity index (χ1) is 10.3. The Labute approximate surface area is 144 Å². The van der Waals surface area contributed by atoms with Crippen LogP contribution in [-0.4, -0.2) is 16.5 Å². The summed E-state index contributed by atoms with van der Waals surface area (Å²) in [7, 11) is 0. The van der Waals surface area contributed by atoms with Crippen LogP contribution in [0.15, 0.2) is 11.6 Å². The summed E-state index contributed by atoms with van der Waals surface area (Å²) < 4.78 is 0. The highest BCUT2D eigenvalue weighted by molar-refractivity contribution is 9.09. The molecule has 4 rings (SSSR count). The molecule has 1 nitrogen and oxygen atoms in total. The van der Waals surface area contributed by atoms with Gasteiger partial charge >= 0.3 is 0 Å². The SMILES string of the molecule is C[C@@]1([C@H](Br)CO)CC=C2[C@@H](CC[C@H]3[C@]4(C)C[C@@H]4CC[C@]23C)C1. The van der Waals surface area contributed by atoms with E-state index >= 15 is 0 Å². The van der Waals surface area contributed by atoms with Crippen LogP contribution in [0.3, 0.4) is 0 Å². The number of hydrogen-bond acceptors (Lipinski definition) is 1. The number of rotatable bonds is 2. The Balaban J connectivity index is 1.65. The van der Waals surface area contributed by atoms with Crippen molar-refractivity contribution < 1.29 is 5.11 Å². The number of allylic oxidation sites excluding steroid dienone is 2. The van der Waals surface area contributed by atoms with Gasteiger partial charge in [-0.3, -0.25) is 0 Å². The Morgan fingerprint density at radius 3 is 2.73 bits per heavy atom. The lowest BCUT2D eigenvalue weighted by molar-refractivity contribution is 0.0240. The topological polar surface area (TPSA) is 20.2 Å². The minimum Gasteiger partial charge on any atom is -0.395 e. The van der Waals surface area contributed by atoms with Crippen LogP contribution in [-0.2, 0) is 0 Å². The Hall–Kier alpha value is 0.180. The third-order valence-electron chi connectivity index (χ3n) is 8.36. The van der Waals surface area contributed by atoms with Crippen molar-refractivity contribution in [3.05, 3.63) is 11.6 Å². The standard InChI is InChI=1S/C20H31BrO/c1-18(17(21)12-22)8-7-15-13(10-18)4-5-16-19(15,2)9-6-14-11-20(14,16)3/h7,13-14,16-17,22H,4-6,8-12H2,1-3H3/t13-,14-,16+,17+,18+,19+,20+/m0/s1. The normalized spacial score (nSPS) is 54.6. The number of halogens is 1. The van der Waals surface area contributed by atoms with Gasteiger partial charge in [0.05, 0.1) is 6.61 Å².